The third-order valence-corrected chi connectivity index (χ3v) is 5.71. The first-order chi connectivity index (χ1) is 15.5. The second-order valence-corrected chi connectivity index (χ2v) is 8.48. The van der Waals surface area contributed by atoms with Gasteiger partial charge in [-0.1, -0.05) is 36.4 Å². The van der Waals surface area contributed by atoms with Gasteiger partial charge in [-0.3, -0.25) is 4.79 Å². The maximum Gasteiger partial charge on any atom is 0.264 e. The summed E-state index contributed by atoms with van der Waals surface area (Å²) in [5.74, 6) is 0.534. The highest BCUT2D eigenvalue weighted by atomic mass is 32.2. The van der Waals surface area contributed by atoms with Gasteiger partial charge in [-0.15, -0.1) is 0 Å². The van der Waals surface area contributed by atoms with Crippen molar-refractivity contribution in [3.63, 3.8) is 0 Å². The number of carbonyl (C=O) groups excluding carboxylic acids is 1. The SMILES string of the molecule is Cc1cc(C)cc(N=C2NC(=O)/C(=C/c3ccc(OCc4ccccc4C#N)cc3)S2)c1. The topological polar surface area (TPSA) is 74.5 Å². The Morgan fingerprint density at radius 3 is 2.50 bits per heavy atom. The van der Waals surface area contributed by atoms with Gasteiger partial charge in [0, 0.05) is 5.56 Å². The lowest BCUT2D eigenvalue weighted by molar-refractivity contribution is -0.115. The van der Waals surface area contributed by atoms with Gasteiger partial charge in [-0.25, -0.2) is 4.99 Å². The average Bonchev–Trinajstić information content (AvgIpc) is 3.11. The number of thioether (sulfide) groups is 1. The zero-order chi connectivity index (χ0) is 22.5. The number of rotatable bonds is 5. The maximum atomic E-state index is 12.4. The van der Waals surface area contributed by atoms with Gasteiger partial charge < -0.3 is 10.1 Å². The van der Waals surface area contributed by atoms with E-state index < -0.39 is 0 Å². The lowest BCUT2D eigenvalue weighted by Gasteiger charge is -2.07. The number of aryl methyl sites for hydroxylation is 2. The molecule has 0 unspecified atom stereocenters. The summed E-state index contributed by atoms with van der Waals surface area (Å²) in [6.45, 7) is 4.37. The molecular weight excluding hydrogens is 418 g/mol. The zero-order valence-corrected chi connectivity index (χ0v) is 18.6. The molecule has 0 atom stereocenters. The zero-order valence-electron chi connectivity index (χ0n) is 17.8. The second-order valence-electron chi connectivity index (χ2n) is 7.45. The normalized spacial score (nSPS) is 15.6. The predicted octanol–water partition coefficient (Wildman–Crippen LogP) is 5.65. The van der Waals surface area contributed by atoms with Crippen molar-refractivity contribution in [3.8, 4) is 11.8 Å². The Bertz CT molecular complexity index is 1250. The number of amidine groups is 1. The van der Waals surface area contributed by atoms with Crippen molar-refractivity contribution in [3.05, 3.63) is 99.5 Å². The molecule has 1 fully saturated rings. The highest BCUT2D eigenvalue weighted by Crippen LogP contribution is 2.29. The lowest BCUT2D eigenvalue weighted by atomic mass is 10.1. The van der Waals surface area contributed by atoms with Crippen LogP contribution in [-0.4, -0.2) is 11.1 Å². The molecule has 1 heterocycles. The van der Waals surface area contributed by atoms with E-state index >= 15 is 0 Å². The summed E-state index contributed by atoms with van der Waals surface area (Å²) < 4.78 is 5.81. The van der Waals surface area contributed by atoms with Crippen molar-refractivity contribution >= 4 is 34.6 Å². The van der Waals surface area contributed by atoms with E-state index in [0.717, 1.165) is 27.9 Å². The molecule has 0 spiro atoms. The molecule has 5 nitrogen and oxygen atoms in total. The lowest BCUT2D eigenvalue weighted by Crippen LogP contribution is -2.19. The first-order valence-corrected chi connectivity index (χ1v) is 10.9. The van der Waals surface area contributed by atoms with Crippen molar-refractivity contribution in [1.82, 2.24) is 5.32 Å². The van der Waals surface area contributed by atoms with Crippen LogP contribution in [0.25, 0.3) is 6.08 Å². The number of amides is 1. The molecule has 0 aliphatic carbocycles. The fraction of sp³-hybridized carbons (Fsp3) is 0.115. The molecule has 3 aromatic carbocycles. The third-order valence-electron chi connectivity index (χ3n) is 4.80. The maximum absolute atomic E-state index is 12.4. The van der Waals surface area contributed by atoms with Crippen LogP contribution in [0.15, 0.2) is 76.6 Å². The quantitative estimate of drug-likeness (QED) is 0.522. The van der Waals surface area contributed by atoms with E-state index in [2.05, 4.69) is 22.4 Å². The Morgan fingerprint density at radius 1 is 1.06 bits per heavy atom. The number of carbonyl (C=O) groups is 1. The van der Waals surface area contributed by atoms with Crippen LogP contribution < -0.4 is 10.1 Å². The standard InChI is InChI=1S/C26H21N3O2S/c1-17-11-18(2)13-22(12-17)28-26-29-25(30)24(32-26)14-19-7-9-23(10-8-19)31-16-21-6-4-3-5-20(21)15-27/h3-14H,16H2,1-2H3,(H,28,29,30)/b24-14-. The van der Waals surface area contributed by atoms with Gasteiger partial charge in [0.05, 0.1) is 22.2 Å². The van der Waals surface area contributed by atoms with Gasteiger partial charge in [-0.2, -0.15) is 5.26 Å². The summed E-state index contributed by atoms with van der Waals surface area (Å²) in [5, 5.41) is 12.6. The molecule has 1 aliphatic rings. The van der Waals surface area contributed by atoms with Crippen LogP contribution in [0.3, 0.4) is 0 Å². The fourth-order valence-electron chi connectivity index (χ4n) is 3.34. The highest BCUT2D eigenvalue weighted by molar-refractivity contribution is 8.18. The van der Waals surface area contributed by atoms with E-state index in [1.54, 1.807) is 6.07 Å². The second kappa shape index (κ2) is 9.54. The van der Waals surface area contributed by atoms with Gasteiger partial charge >= 0.3 is 0 Å². The minimum atomic E-state index is -0.161. The number of nitriles is 1. The van der Waals surface area contributed by atoms with E-state index in [-0.39, 0.29) is 5.91 Å². The van der Waals surface area contributed by atoms with Crippen LogP contribution in [0.4, 0.5) is 5.69 Å². The Kier molecular flexibility index (Phi) is 6.39. The van der Waals surface area contributed by atoms with E-state index in [4.69, 9.17) is 4.74 Å². The monoisotopic (exact) mass is 439 g/mol. The van der Waals surface area contributed by atoms with E-state index in [0.29, 0.717) is 28.0 Å². The molecule has 0 bridgehead atoms. The molecule has 0 aromatic heterocycles. The molecule has 3 aromatic rings. The summed E-state index contributed by atoms with van der Waals surface area (Å²) in [7, 11) is 0. The number of nitrogens with zero attached hydrogens (tertiary/aromatic N) is 2. The summed E-state index contributed by atoms with van der Waals surface area (Å²) >= 11 is 1.32. The highest BCUT2D eigenvalue weighted by Gasteiger charge is 2.23. The molecule has 6 heteroatoms. The Hall–Kier alpha value is -3.82. The summed E-state index contributed by atoms with van der Waals surface area (Å²) in [4.78, 5) is 17.5. The van der Waals surface area contributed by atoms with Crippen LogP contribution in [0.1, 0.15) is 27.8 Å². The van der Waals surface area contributed by atoms with Crippen molar-refractivity contribution < 1.29 is 9.53 Å². The van der Waals surface area contributed by atoms with Gasteiger partial charge in [0.2, 0.25) is 0 Å². The number of hydrogen-bond acceptors (Lipinski definition) is 5. The number of benzene rings is 3. The van der Waals surface area contributed by atoms with Crippen molar-refractivity contribution in [1.29, 1.82) is 5.26 Å². The van der Waals surface area contributed by atoms with E-state index in [9.17, 15) is 10.1 Å². The molecule has 1 saturated heterocycles. The molecule has 0 saturated carbocycles. The summed E-state index contributed by atoms with van der Waals surface area (Å²) in [5.41, 5.74) is 5.43. The molecular formula is C26H21N3O2S. The molecule has 1 N–H and O–H groups in total. The number of hydrogen-bond donors (Lipinski definition) is 1. The molecule has 1 amide bonds. The summed E-state index contributed by atoms with van der Waals surface area (Å²) in [6.07, 6.45) is 1.83. The van der Waals surface area contributed by atoms with E-state index in [1.807, 2.05) is 74.5 Å². The van der Waals surface area contributed by atoms with Crippen LogP contribution in [0.5, 0.6) is 5.75 Å². The van der Waals surface area contributed by atoms with E-state index in [1.165, 1.54) is 11.8 Å². The minimum Gasteiger partial charge on any atom is -0.489 e. The van der Waals surface area contributed by atoms with Crippen molar-refractivity contribution in [2.75, 3.05) is 0 Å². The van der Waals surface area contributed by atoms with Gasteiger partial charge in [0.1, 0.15) is 12.4 Å². The first-order valence-electron chi connectivity index (χ1n) is 10.1. The molecule has 158 valence electrons. The van der Waals surface area contributed by atoms with Crippen molar-refractivity contribution in [2.24, 2.45) is 4.99 Å². The fourth-order valence-corrected chi connectivity index (χ4v) is 4.18. The molecule has 1 aliphatic heterocycles. The molecule has 32 heavy (non-hydrogen) atoms. The smallest absolute Gasteiger partial charge is 0.264 e. The molecule has 4 rings (SSSR count). The average molecular weight is 440 g/mol. The van der Waals surface area contributed by atoms with Crippen LogP contribution in [0.2, 0.25) is 0 Å². The van der Waals surface area contributed by atoms with Crippen molar-refractivity contribution in [2.45, 2.75) is 20.5 Å². The third kappa shape index (κ3) is 5.26. The first kappa shape index (κ1) is 21.4. The van der Waals surface area contributed by atoms with Gasteiger partial charge in [0.15, 0.2) is 5.17 Å². The number of aliphatic imine (C=N–C) groups is 1. The van der Waals surface area contributed by atoms with Crippen LogP contribution in [-0.2, 0) is 11.4 Å². The largest absolute Gasteiger partial charge is 0.489 e. The number of ether oxygens (including phenoxy) is 1. The number of nitrogens with one attached hydrogen (secondary N) is 1. The van der Waals surface area contributed by atoms with Crippen LogP contribution in [0, 0.1) is 25.2 Å². The minimum absolute atomic E-state index is 0.161. The van der Waals surface area contributed by atoms with Gasteiger partial charge in [-0.05, 0) is 78.7 Å². The Labute approximate surface area is 191 Å². The Morgan fingerprint density at radius 2 is 1.78 bits per heavy atom. The summed E-state index contributed by atoms with van der Waals surface area (Å²) in [6, 6.07) is 23.1. The van der Waals surface area contributed by atoms with Gasteiger partial charge in [0.25, 0.3) is 5.91 Å². The Balaban J connectivity index is 1.43. The molecule has 0 radical (unpaired) electrons. The predicted molar refractivity (Wildman–Crippen MR) is 129 cm³/mol. The van der Waals surface area contributed by atoms with Crippen LogP contribution >= 0.6 is 11.8 Å².